The molecule has 21 heavy (non-hydrogen) atoms. The van der Waals surface area contributed by atoms with Gasteiger partial charge in [0.05, 0.1) is 6.61 Å². The van der Waals surface area contributed by atoms with Crippen molar-refractivity contribution < 1.29 is 14.3 Å². The number of carbonyl (C=O) groups excluding carboxylic acids is 2. The predicted molar refractivity (Wildman–Crippen MR) is 87.8 cm³/mol. The maximum Gasteiger partial charge on any atom is 0.330 e. The van der Waals surface area contributed by atoms with E-state index in [9.17, 15) is 9.59 Å². The van der Waals surface area contributed by atoms with Gasteiger partial charge in [-0.05, 0) is 18.8 Å². The van der Waals surface area contributed by atoms with Crippen LogP contribution in [0.25, 0.3) is 0 Å². The van der Waals surface area contributed by atoms with Crippen LogP contribution < -0.4 is 0 Å². The SMILES string of the molecule is CCCCOC(=O)C(Br)(CC(C)C)C(=O)c1ccccc1. The molecule has 116 valence electrons. The number of ether oxygens (including phenoxy) is 1. The van der Waals surface area contributed by atoms with Crippen molar-refractivity contribution in [2.75, 3.05) is 6.61 Å². The summed E-state index contributed by atoms with van der Waals surface area (Å²) in [6.45, 7) is 6.34. The summed E-state index contributed by atoms with van der Waals surface area (Å²) >= 11 is 3.38. The van der Waals surface area contributed by atoms with Crippen LogP contribution in [0, 0.1) is 5.92 Å². The Morgan fingerprint density at radius 2 is 1.86 bits per heavy atom. The number of rotatable bonds is 8. The Bertz CT molecular complexity index is 470. The Morgan fingerprint density at radius 1 is 1.24 bits per heavy atom. The lowest BCUT2D eigenvalue weighted by molar-refractivity contribution is -0.145. The maximum absolute atomic E-state index is 12.7. The van der Waals surface area contributed by atoms with Crippen molar-refractivity contribution in [1.82, 2.24) is 0 Å². The van der Waals surface area contributed by atoms with Crippen molar-refractivity contribution in [1.29, 1.82) is 0 Å². The van der Waals surface area contributed by atoms with Gasteiger partial charge in [0.15, 0.2) is 10.1 Å². The van der Waals surface area contributed by atoms with Gasteiger partial charge >= 0.3 is 5.97 Å². The van der Waals surface area contributed by atoms with Crippen LogP contribution in [-0.2, 0) is 9.53 Å². The molecule has 0 fully saturated rings. The summed E-state index contributed by atoms with van der Waals surface area (Å²) in [7, 11) is 0. The van der Waals surface area contributed by atoms with Crippen molar-refractivity contribution in [2.24, 2.45) is 5.92 Å². The van der Waals surface area contributed by atoms with Crippen LogP contribution >= 0.6 is 15.9 Å². The van der Waals surface area contributed by atoms with Crippen LogP contribution in [0.1, 0.15) is 50.4 Å². The molecule has 0 aliphatic rings. The van der Waals surface area contributed by atoms with Crippen molar-refractivity contribution in [3.05, 3.63) is 35.9 Å². The monoisotopic (exact) mass is 354 g/mol. The van der Waals surface area contributed by atoms with Gasteiger partial charge in [0.25, 0.3) is 0 Å². The van der Waals surface area contributed by atoms with Crippen LogP contribution in [-0.4, -0.2) is 22.7 Å². The lowest BCUT2D eigenvalue weighted by Gasteiger charge is -2.26. The molecule has 0 N–H and O–H groups in total. The molecule has 0 aromatic heterocycles. The summed E-state index contributed by atoms with van der Waals surface area (Å²) < 4.78 is 3.99. The zero-order valence-electron chi connectivity index (χ0n) is 12.9. The Hall–Kier alpha value is -1.16. The third kappa shape index (κ3) is 4.95. The van der Waals surface area contributed by atoms with Gasteiger partial charge in [0, 0.05) is 5.56 Å². The molecule has 4 heteroatoms. The Balaban J connectivity index is 2.97. The second-order valence-corrected chi connectivity index (χ2v) is 6.94. The summed E-state index contributed by atoms with van der Waals surface area (Å²) in [4.78, 5) is 25.1. The largest absolute Gasteiger partial charge is 0.464 e. The molecule has 1 atom stereocenters. The normalized spacial score (nSPS) is 13.8. The van der Waals surface area contributed by atoms with E-state index in [1.54, 1.807) is 24.3 Å². The van der Waals surface area contributed by atoms with E-state index in [4.69, 9.17) is 4.74 Å². The number of ketones is 1. The van der Waals surface area contributed by atoms with E-state index in [0.29, 0.717) is 18.6 Å². The second kappa shape index (κ2) is 8.32. The van der Waals surface area contributed by atoms with Gasteiger partial charge < -0.3 is 4.74 Å². The molecule has 0 amide bonds. The highest BCUT2D eigenvalue weighted by Crippen LogP contribution is 2.32. The molecule has 1 aromatic rings. The van der Waals surface area contributed by atoms with E-state index in [-0.39, 0.29) is 11.7 Å². The fourth-order valence-electron chi connectivity index (χ4n) is 2.07. The standard InChI is InChI=1S/C17H23BrO3/c1-4-5-11-21-16(20)17(18,12-13(2)3)15(19)14-9-7-6-8-10-14/h6-10,13H,4-5,11-12H2,1-3H3. The van der Waals surface area contributed by atoms with Crippen LogP contribution in [0.15, 0.2) is 30.3 Å². The van der Waals surface area contributed by atoms with Crippen LogP contribution in [0.3, 0.4) is 0 Å². The van der Waals surface area contributed by atoms with Gasteiger partial charge in [0.1, 0.15) is 0 Å². The highest BCUT2D eigenvalue weighted by molar-refractivity contribution is 9.10. The Kier molecular flexibility index (Phi) is 7.09. The molecule has 1 unspecified atom stereocenters. The number of esters is 1. The average Bonchev–Trinajstić information content (AvgIpc) is 2.46. The van der Waals surface area contributed by atoms with E-state index < -0.39 is 10.3 Å². The minimum atomic E-state index is -1.30. The van der Waals surface area contributed by atoms with Gasteiger partial charge in [0.2, 0.25) is 0 Å². The molecule has 3 nitrogen and oxygen atoms in total. The number of hydrogen-bond donors (Lipinski definition) is 0. The quantitative estimate of drug-likeness (QED) is 0.228. The first-order valence-corrected chi connectivity index (χ1v) is 8.17. The molecule has 0 saturated heterocycles. The first-order chi connectivity index (χ1) is 9.91. The topological polar surface area (TPSA) is 43.4 Å². The van der Waals surface area contributed by atoms with Crippen molar-refractivity contribution >= 4 is 27.7 Å². The molecule has 0 aliphatic heterocycles. The van der Waals surface area contributed by atoms with Gasteiger partial charge in [-0.1, -0.05) is 73.5 Å². The Labute approximate surface area is 135 Å². The third-order valence-electron chi connectivity index (χ3n) is 3.14. The van der Waals surface area contributed by atoms with Gasteiger partial charge in [-0.3, -0.25) is 9.59 Å². The minimum absolute atomic E-state index is 0.191. The number of unbranched alkanes of at least 4 members (excludes halogenated alkanes) is 1. The number of carbonyl (C=O) groups is 2. The molecular weight excluding hydrogens is 332 g/mol. The lowest BCUT2D eigenvalue weighted by Crippen LogP contribution is -2.43. The molecule has 0 radical (unpaired) electrons. The molecule has 0 saturated carbocycles. The predicted octanol–water partition coefficient (Wildman–Crippen LogP) is 4.39. The third-order valence-corrected chi connectivity index (χ3v) is 4.15. The van der Waals surface area contributed by atoms with Gasteiger partial charge in [-0.15, -0.1) is 0 Å². The average molecular weight is 355 g/mol. The summed E-state index contributed by atoms with van der Waals surface area (Å²) in [5.41, 5.74) is 0.516. The number of Topliss-reactive ketones (excluding diaryl/α,β-unsaturated/α-hetero) is 1. The number of benzene rings is 1. The first kappa shape index (κ1) is 17.9. The zero-order chi connectivity index (χ0) is 15.9. The zero-order valence-corrected chi connectivity index (χ0v) is 14.5. The van der Waals surface area contributed by atoms with E-state index >= 15 is 0 Å². The molecular formula is C17H23BrO3. The van der Waals surface area contributed by atoms with Crippen molar-refractivity contribution in [3.8, 4) is 0 Å². The van der Waals surface area contributed by atoms with E-state index in [1.807, 2.05) is 26.8 Å². The van der Waals surface area contributed by atoms with E-state index in [0.717, 1.165) is 12.8 Å². The highest BCUT2D eigenvalue weighted by atomic mass is 79.9. The Morgan fingerprint density at radius 3 is 2.38 bits per heavy atom. The molecule has 1 aromatic carbocycles. The van der Waals surface area contributed by atoms with Crippen molar-refractivity contribution in [3.63, 3.8) is 0 Å². The van der Waals surface area contributed by atoms with Gasteiger partial charge in [-0.2, -0.15) is 0 Å². The summed E-state index contributed by atoms with van der Waals surface area (Å²) in [6, 6.07) is 8.86. The fraction of sp³-hybridized carbons (Fsp3) is 0.529. The number of alkyl halides is 1. The fourth-order valence-corrected chi connectivity index (χ4v) is 3.06. The molecule has 0 bridgehead atoms. The smallest absolute Gasteiger partial charge is 0.330 e. The molecule has 0 aliphatic carbocycles. The highest BCUT2D eigenvalue weighted by Gasteiger charge is 2.45. The van der Waals surface area contributed by atoms with Crippen LogP contribution in [0.5, 0.6) is 0 Å². The first-order valence-electron chi connectivity index (χ1n) is 7.37. The number of hydrogen-bond acceptors (Lipinski definition) is 3. The van der Waals surface area contributed by atoms with E-state index in [2.05, 4.69) is 15.9 Å². The van der Waals surface area contributed by atoms with Gasteiger partial charge in [-0.25, -0.2) is 0 Å². The minimum Gasteiger partial charge on any atom is -0.464 e. The second-order valence-electron chi connectivity index (χ2n) is 5.58. The molecule has 0 spiro atoms. The summed E-state index contributed by atoms with van der Waals surface area (Å²) in [5.74, 6) is -0.535. The summed E-state index contributed by atoms with van der Waals surface area (Å²) in [5, 5.41) is 0. The maximum atomic E-state index is 12.7. The van der Waals surface area contributed by atoms with E-state index in [1.165, 1.54) is 0 Å². The van der Waals surface area contributed by atoms with Crippen LogP contribution in [0.2, 0.25) is 0 Å². The molecule has 0 heterocycles. The number of halogens is 1. The molecule has 1 rings (SSSR count). The van der Waals surface area contributed by atoms with Crippen molar-refractivity contribution in [2.45, 2.75) is 44.4 Å². The lowest BCUT2D eigenvalue weighted by atomic mass is 9.89. The summed E-state index contributed by atoms with van der Waals surface area (Å²) in [6.07, 6.45) is 2.15. The van der Waals surface area contributed by atoms with Crippen LogP contribution in [0.4, 0.5) is 0 Å².